The molecule has 0 radical (unpaired) electrons. The first-order valence-electron chi connectivity index (χ1n) is 8.20. The van der Waals surface area contributed by atoms with E-state index in [-0.39, 0.29) is 0 Å². The van der Waals surface area contributed by atoms with Gasteiger partial charge in [-0.15, -0.1) is 0 Å². The highest BCUT2D eigenvalue weighted by Crippen LogP contribution is 2.43. The van der Waals surface area contributed by atoms with Gasteiger partial charge in [0.15, 0.2) is 0 Å². The summed E-state index contributed by atoms with van der Waals surface area (Å²) in [6.07, 6.45) is 2.58. The fraction of sp³-hybridized carbons (Fsp3) is 0. The molecular formula is C20H12N2O4S2. The third-order valence-corrected chi connectivity index (χ3v) is 6.57. The molecule has 0 spiro atoms. The summed E-state index contributed by atoms with van der Waals surface area (Å²) in [5.74, 6) is -1.70. The molecule has 0 saturated heterocycles. The van der Waals surface area contributed by atoms with Crippen LogP contribution in [-0.4, -0.2) is 23.6 Å². The van der Waals surface area contributed by atoms with Gasteiger partial charge < -0.3 is 0 Å². The molecule has 2 aliphatic heterocycles. The van der Waals surface area contributed by atoms with Crippen molar-refractivity contribution in [2.45, 2.75) is 9.79 Å². The molecule has 0 unspecified atom stereocenters. The van der Waals surface area contributed by atoms with E-state index in [1.54, 1.807) is 24.3 Å². The van der Waals surface area contributed by atoms with Gasteiger partial charge in [-0.25, -0.2) is 0 Å². The van der Waals surface area contributed by atoms with Crippen molar-refractivity contribution >= 4 is 56.4 Å². The molecule has 4 rings (SSSR count). The number of benzene rings is 2. The second kappa shape index (κ2) is 7.49. The number of amides is 4. The van der Waals surface area contributed by atoms with Crippen LogP contribution in [0.25, 0.3) is 11.1 Å². The topological polar surface area (TPSA) is 92.3 Å². The fourth-order valence-corrected chi connectivity index (χ4v) is 5.23. The van der Waals surface area contributed by atoms with Crippen LogP contribution < -0.4 is 10.6 Å². The van der Waals surface area contributed by atoms with E-state index in [4.69, 9.17) is 0 Å². The largest absolute Gasteiger partial charge is 0.289 e. The van der Waals surface area contributed by atoms with Crippen LogP contribution in [0.15, 0.2) is 70.5 Å². The zero-order valence-corrected chi connectivity index (χ0v) is 15.9. The monoisotopic (exact) mass is 408 g/mol. The van der Waals surface area contributed by atoms with E-state index in [1.807, 2.05) is 24.3 Å². The van der Waals surface area contributed by atoms with Gasteiger partial charge in [-0.05, 0) is 12.1 Å². The molecule has 0 aliphatic carbocycles. The van der Waals surface area contributed by atoms with Crippen LogP contribution in [0.1, 0.15) is 11.1 Å². The van der Waals surface area contributed by atoms with E-state index in [9.17, 15) is 19.2 Å². The van der Waals surface area contributed by atoms with Crippen molar-refractivity contribution in [3.8, 4) is 0 Å². The van der Waals surface area contributed by atoms with Crippen molar-refractivity contribution < 1.29 is 19.2 Å². The van der Waals surface area contributed by atoms with E-state index in [2.05, 4.69) is 10.6 Å². The lowest BCUT2D eigenvalue weighted by atomic mass is 10.1. The molecule has 0 atom stereocenters. The summed E-state index contributed by atoms with van der Waals surface area (Å²) in [6, 6.07) is 14.6. The van der Waals surface area contributed by atoms with E-state index < -0.39 is 23.6 Å². The number of nitrogens with one attached hydrogen (secondary N) is 2. The Kier molecular flexibility index (Phi) is 4.89. The first kappa shape index (κ1) is 18.3. The smallest absolute Gasteiger partial charge is 0.258 e. The van der Waals surface area contributed by atoms with Crippen LogP contribution in [0.2, 0.25) is 0 Å². The zero-order chi connectivity index (χ0) is 19.7. The van der Waals surface area contributed by atoms with Crippen molar-refractivity contribution in [1.29, 1.82) is 0 Å². The Morgan fingerprint density at radius 3 is 1.32 bits per heavy atom. The van der Waals surface area contributed by atoms with Crippen LogP contribution >= 0.6 is 21.6 Å². The minimum atomic E-state index is -0.429. The number of carbonyl (C=O) groups excluding carboxylic acids is 4. The highest BCUT2D eigenvalue weighted by Gasteiger charge is 2.26. The Morgan fingerprint density at radius 2 is 0.964 bits per heavy atom. The van der Waals surface area contributed by atoms with Gasteiger partial charge in [0.2, 0.25) is 0 Å². The van der Waals surface area contributed by atoms with Crippen molar-refractivity contribution in [2.75, 3.05) is 0 Å². The number of hydrogen-bond donors (Lipinski definition) is 2. The van der Waals surface area contributed by atoms with Gasteiger partial charge in [-0.2, -0.15) is 0 Å². The zero-order valence-electron chi connectivity index (χ0n) is 14.2. The Bertz CT molecular complexity index is 1020. The number of rotatable bonds is 5. The van der Waals surface area contributed by atoms with Crippen LogP contribution in [0.3, 0.4) is 0 Å². The average Bonchev–Trinajstić information content (AvgIpc) is 3.20. The van der Waals surface area contributed by atoms with Crippen molar-refractivity contribution in [3.05, 3.63) is 71.8 Å². The molecule has 4 amide bonds. The van der Waals surface area contributed by atoms with Crippen LogP contribution in [0.5, 0.6) is 0 Å². The Labute approximate surface area is 167 Å². The Morgan fingerprint density at radius 1 is 0.571 bits per heavy atom. The molecular weight excluding hydrogens is 396 g/mol. The van der Waals surface area contributed by atoms with Crippen molar-refractivity contribution in [3.63, 3.8) is 0 Å². The van der Waals surface area contributed by atoms with E-state index >= 15 is 0 Å². The summed E-state index contributed by atoms with van der Waals surface area (Å²) in [6.45, 7) is 0. The average molecular weight is 408 g/mol. The normalized spacial score (nSPS) is 16.0. The number of hydrogen-bond acceptors (Lipinski definition) is 6. The molecule has 2 N–H and O–H groups in total. The number of imide groups is 2. The van der Waals surface area contributed by atoms with E-state index in [1.165, 1.54) is 33.7 Å². The maximum absolute atomic E-state index is 12.0. The number of carbonyl (C=O) groups is 4. The molecule has 6 nitrogen and oxygen atoms in total. The molecule has 2 aliphatic rings. The maximum Gasteiger partial charge on any atom is 0.258 e. The highest BCUT2D eigenvalue weighted by atomic mass is 33.1. The minimum absolute atomic E-state index is 0.325. The highest BCUT2D eigenvalue weighted by molar-refractivity contribution is 8.76. The van der Waals surface area contributed by atoms with Gasteiger partial charge in [0.05, 0.1) is 11.1 Å². The van der Waals surface area contributed by atoms with E-state index in [0.29, 0.717) is 22.3 Å². The predicted molar refractivity (Wildman–Crippen MR) is 107 cm³/mol. The van der Waals surface area contributed by atoms with Crippen molar-refractivity contribution in [1.82, 2.24) is 10.6 Å². The van der Waals surface area contributed by atoms with Gasteiger partial charge in [0, 0.05) is 33.1 Å². The minimum Gasteiger partial charge on any atom is -0.289 e. The predicted octanol–water partition coefficient (Wildman–Crippen LogP) is 2.57. The summed E-state index contributed by atoms with van der Waals surface area (Å²) in [7, 11) is 2.81. The van der Waals surface area contributed by atoms with E-state index in [0.717, 1.165) is 9.79 Å². The van der Waals surface area contributed by atoms with Gasteiger partial charge in [0.25, 0.3) is 23.6 Å². The standard InChI is InChI=1S/C20H12N2O4S2/c23-17-9-13(19(25)21-17)11-5-1-3-7-15(11)27-28-16-8-4-2-6-12(16)14-10-18(24)22-20(14)26/h1-10H,(H,21,23,25)(H,22,24,26). The summed E-state index contributed by atoms with van der Waals surface area (Å²) in [5.41, 5.74) is 1.97. The third-order valence-electron chi connectivity index (χ3n) is 4.09. The Hall–Kier alpha value is -3.10. The first-order valence-corrected chi connectivity index (χ1v) is 10.4. The molecule has 0 fully saturated rings. The molecule has 0 aromatic heterocycles. The van der Waals surface area contributed by atoms with Gasteiger partial charge in [0.1, 0.15) is 0 Å². The summed E-state index contributed by atoms with van der Waals surface area (Å²) in [5, 5.41) is 4.50. The maximum atomic E-state index is 12.0. The quantitative estimate of drug-likeness (QED) is 0.584. The lowest BCUT2D eigenvalue weighted by Crippen LogP contribution is -2.21. The third kappa shape index (κ3) is 3.51. The molecule has 2 aromatic rings. The molecule has 0 saturated carbocycles. The second-order valence-electron chi connectivity index (χ2n) is 5.91. The molecule has 0 bridgehead atoms. The van der Waals surface area contributed by atoms with Gasteiger partial charge >= 0.3 is 0 Å². The van der Waals surface area contributed by atoms with Crippen molar-refractivity contribution in [2.24, 2.45) is 0 Å². The van der Waals surface area contributed by atoms with Gasteiger partial charge in [-0.1, -0.05) is 58.0 Å². The SMILES string of the molecule is O=C1C=C(c2ccccc2SSc2ccccc2C2=CC(=O)NC2=O)C(=O)N1. The van der Waals surface area contributed by atoms with Gasteiger partial charge in [-0.3, -0.25) is 29.8 Å². The summed E-state index contributed by atoms with van der Waals surface area (Å²) < 4.78 is 0. The lowest BCUT2D eigenvalue weighted by molar-refractivity contribution is -0.124. The molecule has 2 heterocycles. The fourth-order valence-electron chi connectivity index (χ4n) is 2.84. The molecule has 138 valence electrons. The summed E-state index contributed by atoms with van der Waals surface area (Å²) >= 11 is 0. The lowest BCUT2D eigenvalue weighted by Gasteiger charge is -2.11. The Balaban J connectivity index is 1.62. The molecule has 8 heteroatoms. The van der Waals surface area contributed by atoms with Crippen LogP contribution in [-0.2, 0) is 19.2 Å². The molecule has 2 aromatic carbocycles. The summed E-state index contributed by atoms with van der Waals surface area (Å²) in [4.78, 5) is 48.6. The second-order valence-corrected chi connectivity index (χ2v) is 8.12. The van der Waals surface area contributed by atoms with Crippen LogP contribution in [0.4, 0.5) is 0 Å². The van der Waals surface area contributed by atoms with Crippen LogP contribution in [0, 0.1) is 0 Å². The first-order chi connectivity index (χ1) is 13.5. The molecule has 28 heavy (non-hydrogen) atoms.